The Labute approximate surface area is 121 Å². The molecule has 2 heterocycles. The van der Waals surface area contributed by atoms with Crippen LogP contribution < -0.4 is 0 Å². The summed E-state index contributed by atoms with van der Waals surface area (Å²) >= 11 is 0. The molecule has 0 spiro atoms. The number of ether oxygens (including phenoxy) is 1. The topological polar surface area (TPSA) is 56.6 Å². The summed E-state index contributed by atoms with van der Waals surface area (Å²) in [5.41, 5.74) is 0. The molecule has 1 amide bonds. The highest BCUT2D eigenvalue weighted by Crippen LogP contribution is 2.25. The van der Waals surface area contributed by atoms with Crippen LogP contribution in [0.15, 0.2) is 0 Å². The molecule has 2 fully saturated rings. The van der Waals surface area contributed by atoms with Crippen molar-refractivity contribution in [1.82, 2.24) is 9.80 Å². The molecule has 20 heavy (non-hydrogen) atoms. The highest BCUT2D eigenvalue weighted by atomic mass is 16.5. The largest absolute Gasteiger partial charge is 0.372 e. The number of morpholine rings is 1. The van der Waals surface area contributed by atoms with E-state index in [1.165, 1.54) is 0 Å². The number of fused-ring (bicyclic) bond motifs is 2. The predicted molar refractivity (Wildman–Crippen MR) is 76.0 cm³/mol. The Morgan fingerprint density at radius 2 is 2.10 bits per heavy atom. The second-order valence-electron chi connectivity index (χ2n) is 5.94. The summed E-state index contributed by atoms with van der Waals surface area (Å²) in [5, 5.41) is 8.89. The molecule has 0 aliphatic carbocycles. The van der Waals surface area contributed by atoms with Crippen LogP contribution in [0.4, 0.5) is 0 Å². The zero-order valence-electron chi connectivity index (χ0n) is 12.5. The third kappa shape index (κ3) is 3.71. The van der Waals surface area contributed by atoms with Gasteiger partial charge in [0, 0.05) is 32.1 Å². The van der Waals surface area contributed by atoms with Gasteiger partial charge in [-0.15, -0.1) is 0 Å². The Kier molecular flexibility index (Phi) is 5.38. The van der Waals surface area contributed by atoms with Gasteiger partial charge in [0.2, 0.25) is 5.91 Å². The zero-order valence-corrected chi connectivity index (χ0v) is 12.5. The van der Waals surface area contributed by atoms with E-state index in [-0.39, 0.29) is 18.4 Å². The molecule has 5 nitrogen and oxygen atoms in total. The van der Waals surface area contributed by atoms with Crippen LogP contribution in [0.1, 0.15) is 33.1 Å². The molecule has 2 saturated heterocycles. The molecule has 0 aromatic rings. The van der Waals surface area contributed by atoms with Gasteiger partial charge in [0.15, 0.2) is 0 Å². The van der Waals surface area contributed by atoms with E-state index in [0.29, 0.717) is 18.8 Å². The summed E-state index contributed by atoms with van der Waals surface area (Å²) in [7, 11) is 0. The van der Waals surface area contributed by atoms with Gasteiger partial charge in [0.25, 0.3) is 0 Å². The molecule has 2 bridgehead atoms. The van der Waals surface area contributed by atoms with Gasteiger partial charge in [-0.3, -0.25) is 9.69 Å². The lowest BCUT2D eigenvalue weighted by Gasteiger charge is -2.33. The lowest BCUT2D eigenvalue weighted by atomic mass is 10.1. The molecular formula is C15H25N3O2. The molecule has 0 aromatic heterocycles. The number of carbonyl (C=O) groups excluding carboxylic acids is 1. The minimum absolute atomic E-state index is 0.00391. The maximum Gasteiger partial charge on any atom is 0.226 e. The zero-order chi connectivity index (χ0) is 14.5. The Morgan fingerprint density at radius 1 is 1.45 bits per heavy atom. The summed E-state index contributed by atoms with van der Waals surface area (Å²) in [6, 6.07) is 2.11. The maximum atomic E-state index is 12.2. The molecule has 5 heteroatoms. The monoisotopic (exact) mass is 279 g/mol. The normalized spacial score (nSPS) is 27.1. The van der Waals surface area contributed by atoms with Gasteiger partial charge in [-0.2, -0.15) is 5.26 Å². The van der Waals surface area contributed by atoms with E-state index in [0.717, 1.165) is 38.9 Å². The van der Waals surface area contributed by atoms with Crippen LogP contribution in [0, 0.1) is 17.2 Å². The maximum absolute atomic E-state index is 12.2. The molecule has 2 rings (SSSR count). The van der Waals surface area contributed by atoms with Crippen LogP contribution in [0.3, 0.4) is 0 Å². The van der Waals surface area contributed by atoms with Crippen LogP contribution in [0.25, 0.3) is 0 Å². The van der Waals surface area contributed by atoms with Gasteiger partial charge in [-0.05, 0) is 19.3 Å². The van der Waals surface area contributed by atoms with Crippen LogP contribution in [0.2, 0.25) is 0 Å². The number of carbonyl (C=O) groups is 1. The van der Waals surface area contributed by atoms with Crippen molar-refractivity contribution < 1.29 is 9.53 Å². The van der Waals surface area contributed by atoms with Crippen LogP contribution >= 0.6 is 0 Å². The van der Waals surface area contributed by atoms with E-state index in [9.17, 15) is 4.79 Å². The SMILES string of the molecule is CCC(C)C(=O)N(CC#N)CCN1CC2CCC(C1)O2. The molecular weight excluding hydrogens is 254 g/mol. The van der Waals surface area contributed by atoms with Gasteiger partial charge in [-0.1, -0.05) is 13.8 Å². The molecule has 0 radical (unpaired) electrons. The predicted octanol–water partition coefficient (Wildman–Crippen LogP) is 1.25. The van der Waals surface area contributed by atoms with Crippen molar-refractivity contribution in [2.45, 2.75) is 45.3 Å². The molecule has 3 atom stereocenters. The Hall–Kier alpha value is -1.12. The standard InChI is InChI=1S/C15H25N3O2/c1-3-12(2)15(19)18(7-6-16)9-8-17-10-13-4-5-14(11-17)20-13/h12-14H,3-5,7-11H2,1-2H3. The quantitative estimate of drug-likeness (QED) is 0.687. The second kappa shape index (κ2) is 7.05. The number of likely N-dealkylation sites (tertiary alicyclic amines) is 1. The Morgan fingerprint density at radius 3 is 2.65 bits per heavy atom. The second-order valence-corrected chi connectivity index (χ2v) is 5.94. The Bertz CT molecular complexity index is 368. The van der Waals surface area contributed by atoms with Gasteiger partial charge in [0.1, 0.15) is 6.54 Å². The number of hydrogen-bond donors (Lipinski definition) is 0. The first-order chi connectivity index (χ1) is 9.63. The van der Waals surface area contributed by atoms with Gasteiger partial charge >= 0.3 is 0 Å². The minimum atomic E-state index is 0.00391. The molecule has 112 valence electrons. The van der Waals surface area contributed by atoms with E-state index in [4.69, 9.17) is 10.00 Å². The van der Waals surface area contributed by atoms with Gasteiger partial charge in [0.05, 0.1) is 18.3 Å². The first-order valence-electron chi connectivity index (χ1n) is 7.67. The summed E-state index contributed by atoms with van der Waals surface area (Å²) in [4.78, 5) is 16.3. The van der Waals surface area contributed by atoms with Crippen molar-refractivity contribution in [1.29, 1.82) is 5.26 Å². The van der Waals surface area contributed by atoms with Gasteiger partial charge in [-0.25, -0.2) is 0 Å². The van der Waals surface area contributed by atoms with E-state index < -0.39 is 0 Å². The van der Waals surface area contributed by atoms with Crippen molar-refractivity contribution in [2.75, 3.05) is 32.7 Å². The molecule has 0 aromatic carbocycles. The fraction of sp³-hybridized carbons (Fsp3) is 0.867. The fourth-order valence-electron chi connectivity index (χ4n) is 2.98. The molecule has 2 aliphatic rings. The average molecular weight is 279 g/mol. The van der Waals surface area contributed by atoms with E-state index in [1.54, 1.807) is 4.90 Å². The van der Waals surface area contributed by atoms with E-state index in [1.807, 2.05) is 13.8 Å². The third-order valence-corrected chi connectivity index (χ3v) is 4.41. The summed E-state index contributed by atoms with van der Waals surface area (Å²) in [6.45, 7) is 7.56. The first kappa shape index (κ1) is 15.3. The first-order valence-corrected chi connectivity index (χ1v) is 7.67. The lowest BCUT2D eigenvalue weighted by Crippen LogP contribution is -2.47. The smallest absolute Gasteiger partial charge is 0.226 e. The van der Waals surface area contributed by atoms with Crippen molar-refractivity contribution >= 4 is 5.91 Å². The average Bonchev–Trinajstić information content (AvgIpc) is 2.80. The number of nitriles is 1. The fourth-order valence-corrected chi connectivity index (χ4v) is 2.98. The van der Waals surface area contributed by atoms with Crippen molar-refractivity contribution in [3.8, 4) is 6.07 Å². The molecule has 0 saturated carbocycles. The van der Waals surface area contributed by atoms with Crippen molar-refractivity contribution in [2.24, 2.45) is 5.92 Å². The molecule has 2 aliphatic heterocycles. The third-order valence-electron chi connectivity index (χ3n) is 4.41. The molecule has 3 unspecified atom stereocenters. The summed E-state index contributed by atoms with van der Waals surface area (Å²) in [6.07, 6.45) is 3.90. The molecule has 0 N–H and O–H groups in total. The van der Waals surface area contributed by atoms with Crippen LogP contribution in [-0.2, 0) is 9.53 Å². The van der Waals surface area contributed by atoms with Crippen molar-refractivity contribution in [3.05, 3.63) is 0 Å². The minimum Gasteiger partial charge on any atom is -0.372 e. The Balaban J connectivity index is 1.83. The lowest BCUT2D eigenvalue weighted by molar-refractivity contribution is -0.135. The number of nitrogens with zero attached hydrogens (tertiary/aromatic N) is 3. The number of amides is 1. The van der Waals surface area contributed by atoms with Crippen LogP contribution in [0.5, 0.6) is 0 Å². The summed E-state index contributed by atoms with van der Waals surface area (Å²) in [5.74, 6) is 0.106. The number of hydrogen-bond acceptors (Lipinski definition) is 4. The number of rotatable bonds is 6. The highest BCUT2D eigenvalue weighted by Gasteiger charge is 2.33. The highest BCUT2D eigenvalue weighted by molar-refractivity contribution is 5.78. The van der Waals surface area contributed by atoms with Crippen LogP contribution in [-0.4, -0.2) is 60.6 Å². The summed E-state index contributed by atoms with van der Waals surface area (Å²) < 4.78 is 5.81. The van der Waals surface area contributed by atoms with E-state index in [2.05, 4.69) is 11.0 Å². The van der Waals surface area contributed by atoms with Crippen molar-refractivity contribution in [3.63, 3.8) is 0 Å². The van der Waals surface area contributed by atoms with E-state index >= 15 is 0 Å². The van der Waals surface area contributed by atoms with Gasteiger partial charge < -0.3 is 9.64 Å².